The molecule has 0 unspecified atom stereocenters. The fourth-order valence-electron chi connectivity index (χ4n) is 2.50. The van der Waals surface area contributed by atoms with Crippen LogP contribution in [-0.2, 0) is 0 Å². The van der Waals surface area contributed by atoms with Crippen LogP contribution in [0, 0.1) is 23.2 Å². The van der Waals surface area contributed by atoms with Gasteiger partial charge in [-0.05, 0) is 44.2 Å². The highest BCUT2D eigenvalue weighted by molar-refractivity contribution is 4.71. The highest BCUT2D eigenvalue weighted by atomic mass is 14.8. The molecule has 1 fully saturated rings. The minimum atomic E-state index is 0.711. The van der Waals surface area contributed by atoms with Gasteiger partial charge in [0.2, 0.25) is 0 Å². The maximum absolute atomic E-state index is 8.39. The largest absolute Gasteiger partial charge is 0.317 e. The van der Waals surface area contributed by atoms with Crippen molar-refractivity contribution in [1.29, 1.82) is 5.26 Å². The third kappa shape index (κ3) is 6.12. The molecule has 2 heteroatoms. The maximum Gasteiger partial charge on any atom is 0.0621 e. The molecule has 0 saturated heterocycles. The van der Waals surface area contributed by atoms with E-state index in [1.807, 2.05) is 0 Å². The van der Waals surface area contributed by atoms with Gasteiger partial charge in [-0.1, -0.05) is 32.6 Å². The molecule has 0 aromatic carbocycles. The SMILES string of the molecule is CC1CCC(CCNCCCCC#N)CC1. The molecule has 1 N–H and O–H groups in total. The summed E-state index contributed by atoms with van der Waals surface area (Å²) < 4.78 is 0. The zero-order valence-corrected chi connectivity index (χ0v) is 10.7. The van der Waals surface area contributed by atoms with Crippen LogP contribution in [0.15, 0.2) is 0 Å². The van der Waals surface area contributed by atoms with Crippen LogP contribution in [-0.4, -0.2) is 13.1 Å². The summed E-state index contributed by atoms with van der Waals surface area (Å²) >= 11 is 0. The Morgan fingerprint density at radius 3 is 2.56 bits per heavy atom. The van der Waals surface area contributed by atoms with Gasteiger partial charge < -0.3 is 5.32 Å². The summed E-state index contributed by atoms with van der Waals surface area (Å²) in [6.45, 7) is 4.64. The first-order chi connectivity index (χ1) is 7.83. The number of rotatable bonds is 7. The van der Waals surface area contributed by atoms with Crippen molar-refractivity contribution in [2.45, 2.75) is 58.3 Å². The molecule has 1 rings (SSSR count). The van der Waals surface area contributed by atoms with Gasteiger partial charge in [-0.25, -0.2) is 0 Å². The molecule has 0 aromatic heterocycles. The van der Waals surface area contributed by atoms with Crippen LogP contribution in [0.3, 0.4) is 0 Å². The third-order valence-corrected chi connectivity index (χ3v) is 3.76. The second kappa shape index (κ2) is 8.58. The second-order valence-electron chi connectivity index (χ2n) is 5.28. The summed E-state index contributed by atoms with van der Waals surface area (Å²) in [5.41, 5.74) is 0. The van der Waals surface area contributed by atoms with E-state index in [2.05, 4.69) is 18.3 Å². The van der Waals surface area contributed by atoms with Crippen molar-refractivity contribution in [1.82, 2.24) is 5.32 Å². The fourth-order valence-corrected chi connectivity index (χ4v) is 2.50. The summed E-state index contributed by atoms with van der Waals surface area (Å²) in [5.74, 6) is 1.94. The number of unbranched alkanes of at least 4 members (excludes halogenated alkanes) is 2. The van der Waals surface area contributed by atoms with E-state index in [1.165, 1.54) is 38.6 Å². The van der Waals surface area contributed by atoms with Crippen molar-refractivity contribution >= 4 is 0 Å². The van der Waals surface area contributed by atoms with E-state index in [0.717, 1.165) is 31.2 Å². The standard InChI is InChI=1S/C14H26N2/c1-13-5-7-14(8-6-13)9-12-16-11-4-2-3-10-15/h13-14,16H,2-9,11-12H2,1H3. The van der Waals surface area contributed by atoms with E-state index in [9.17, 15) is 0 Å². The summed E-state index contributed by atoms with van der Waals surface area (Å²) in [5, 5.41) is 11.9. The summed E-state index contributed by atoms with van der Waals surface area (Å²) in [4.78, 5) is 0. The van der Waals surface area contributed by atoms with Gasteiger partial charge in [0.15, 0.2) is 0 Å². The molecular formula is C14H26N2. The molecule has 1 aliphatic carbocycles. The Labute approximate surface area is 100 Å². The highest BCUT2D eigenvalue weighted by Crippen LogP contribution is 2.29. The molecule has 0 heterocycles. The topological polar surface area (TPSA) is 35.8 Å². The first-order valence-corrected chi connectivity index (χ1v) is 6.90. The van der Waals surface area contributed by atoms with E-state index in [0.29, 0.717) is 6.42 Å². The zero-order valence-electron chi connectivity index (χ0n) is 10.7. The van der Waals surface area contributed by atoms with Crippen LogP contribution in [0.1, 0.15) is 58.3 Å². The predicted octanol–water partition coefficient (Wildman–Crippen LogP) is 3.49. The smallest absolute Gasteiger partial charge is 0.0621 e. The average molecular weight is 222 g/mol. The van der Waals surface area contributed by atoms with Gasteiger partial charge in [0.25, 0.3) is 0 Å². The van der Waals surface area contributed by atoms with Gasteiger partial charge in [0.05, 0.1) is 6.07 Å². The normalized spacial score (nSPS) is 25.2. The molecule has 92 valence electrons. The van der Waals surface area contributed by atoms with Gasteiger partial charge in [-0.3, -0.25) is 0 Å². The number of nitrogens with one attached hydrogen (secondary N) is 1. The number of hydrogen-bond donors (Lipinski definition) is 1. The lowest BCUT2D eigenvalue weighted by Crippen LogP contribution is -2.21. The molecule has 0 bridgehead atoms. The maximum atomic E-state index is 8.39. The van der Waals surface area contributed by atoms with Crippen molar-refractivity contribution < 1.29 is 0 Å². The monoisotopic (exact) mass is 222 g/mol. The predicted molar refractivity (Wildman–Crippen MR) is 68.1 cm³/mol. The van der Waals surface area contributed by atoms with Gasteiger partial charge in [0.1, 0.15) is 0 Å². The van der Waals surface area contributed by atoms with Crippen LogP contribution in [0.25, 0.3) is 0 Å². The molecule has 16 heavy (non-hydrogen) atoms. The highest BCUT2D eigenvalue weighted by Gasteiger charge is 2.17. The van der Waals surface area contributed by atoms with Gasteiger partial charge in [0, 0.05) is 6.42 Å². The number of nitrogens with zero attached hydrogens (tertiary/aromatic N) is 1. The first kappa shape index (κ1) is 13.5. The van der Waals surface area contributed by atoms with Gasteiger partial charge in [-0.2, -0.15) is 5.26 Å². The third-order valence-electron chi connectivity index (χ3n) is 3.76. The number of nitriles is 1. The summed E-state index contributed by atoms with van der Waals surface area (Å²) in [6.07, 6.45) is 10.0. The Morgan fingerprint density at radius 1 is 1.12 bits per heavy atom. The fraction of sp³-hybridized carbons (Fsp3) is 0.929. The lowest BCUT2D eigenvalue weighted by molar-refractivity contribution is 0.275. The van der Waals surface area contributed by atoms with Crippen molar-refractivity contribution in [2.75, 3.05) is 13.1 Å². The Hall–Kier alpha value is -0.550. The lowest BCUT2D eigenvalue weighted by atomic mass is 9.81. The van der Waals surface area contributed by atoms with Crippen molar-refractivity contribution in [2.24, 2.45) is 11.8 Å². The van der Waals surface area contributed by atoms with Crippen molar-refractivity contribution in [3.63, 3.8) is 0 Å². The minimum Gasteiger partial charge on any atom is -0.317 e. The zero-order chi connectivity index (χ0) is 11.6. The Morgan fingerprint density at radius 2 is 1.88 bits per heavy atom. The molecule has 0 aliphatic heterocycles. The molecular weight excluding hydrogens is 196 g/mol. The Kier molecular flexibility index (Phi) is 7.25. The summed E-state index contributed by atoms with van der Waals surface area (Å²) in [7, 11) is 0. The van der Waals surface area contributed by atoms with E-state index in [4.69, 9.17) is 5.26 Å². The number of hydrogen-bond acceptors (Lipinski definition) is 2. The van der Waals surface area contributed by atoms with E-state index in [-0.39, 0.29) is 0 Å². The molecule has 2 nitrogen and oxygen atoms in total. The Balaban J connectivity index is 1.86. The molecule has 0 aromatic rings. The lowest BCUT2D eigenvalue weighted by Gasteiger charge is -2.26. The molecule has 0 radical (unpaired) electrons. The van der Waals surface area contributed by atoms with Crippen LogP contribution >= 0.6 is 0 Å². The molecule has 1 saturated carbocycles. The summed E-state index contributed by atoms with van der Waals surface area (Å²) in [6, 6.07) is 2.19. The van der Waals surface area contributed by atoms with E-state index in [1.54, 1.807) is 0 Å². The van der Waals surface area contributed by atoms with Crippen LogP contribution in [0.5, 0.6) is 0 Å². The average Bonchev–Trinajstić information content (AvgIpc) is 2.30. The molecule has 0 spiro atoms. The van der Waals surface area contributed by atoms with Crippen molar-refractivity contribution in [3.05, 3.63) is 0 Å². The van der Waals surface area contributed by atoms with Gasteiger partial charge >= 0.3 is 0 Å². The first-order valence-electron chi connectivity index (χ1n) is 6.90. The van der Waals surface area contributed by atoms with Crippen LogP contribution in [0.2, 0.25) is 0 Å². The second-order valence-corrected chi connectivity index (χ2v) is 5.28. The molecule has 1 aliphatic rings. The van der Waals surface area contributed by atoms with Crippen LogP contribution < -0.4 is 5.32 Å². The quantitative estimate of drug-likeness (QED) is 0.669. The Bertz CT molecular complexity index is 199. The van der Waals surface area contributed by atoms with Crippen LogP contribution in [0.4, 0.5) is 0 Å². The van der Waals surface area contributed by atoms with E-state index < -0.39 is 0 Å². The van der Waals surface area contributed by atoms with Gasteiger partial charge in [-0.15, -0.1) is 0 Å². The minimum absolute atomic E-state index is 0.711. The molecule has 0 atom stereocenters. The van der Waals surface area contributed by atoms with Crippen molar-refractivity contribution in [3.8, 4) is 6.07 Å². The molecule has 0 amide bonds. The van der Waals surface area contributed by atoms with E-state index >= 15 is 0 Å².